The molecule has 6 rings (SSSR count). The third kappa shape index (κ3) is 6.24. The van der Waals surface area contributed by atoms with Crippen LogP contribution >= 0.6 is 0 Å². The third-order valence-electron chi connectivity index (χ3n) is 8.27. The van der Waals surface area contributed by atoms with Gasteiger partial charge in [-0.2, -0.15) is 4.99 Å². The summed E-state index contributed by atoms with van der Waals surface area (Å²) >= 11 is 0. The van der Waals surface area contributed by atoms with Crippen molar-refractivity contribution in [2.75, 3.05) is 45.2 Å². The van der Waals surface area contributed by atoms with E-state index in [0.29, 0.717) is 43.0 Å². The van der Waals surface area contributed by atoms with Gasteiger partial charge in [0.2, 0.25) is 5.43 Å². The Morgan fingerprint density at radius 3 is 2.63 bits per heavy atom. The first-order valence-corrected chi connectivity index (χ1v) is 15.7. The van der Waals surface area contributed by atoms with E-state index in [0.717, 1.165) is 30.2 Å². The maximum absolute atomic E-state index is 16.2. The maximum atomic E-state index is 16.2. The molecule has 1 aromatic heterocycles. The lowest BCUT2D eigenvalue weighted by atomic mass is 10.0. The molecule has 0 saturated carbocycles. The molecule has 1 fully saturated rings. The molecule has 1 atom stereocenters. The molecular formula is C35H41FN5O5+. The van der Waals surface area contributed by atoms with Crippen molar-refractivity contribution in [3.8, 4) is 17.2 Å². The van der Waals surface area contributed by atoms with Crippen LogP contribution in [0.5, 0.6) is 11.5 Å². The first-order valence-electron chi connectivity index (χ1n) is 15.7. The van der Waals surface area contributed by atoms with Crippen molar-refractivity contribution < 1.29 is 28.8 Å². The highest BCUT2D eigenvalue weighted by atomic mass is 19.1. The van der Waals surface area contributed by atoms with Crippen LogP contribution < -0.4 is 25.4 Å². The lowest BCUT2D eigenvalue weighted by Crippen LogP contribution is -2.81. The number of halogens is 1. The number of hydrogen-bond acceptors (Lipinski definition) is 6. The fourth-order valence-corrected chi connectivity index (χ4v) is 6.17. The Hall–Kier alpha value is -4.64. The van der Waals surface area contributed by atoms with Gasteiger partial charge in [0.1, 0.15) is 22.4 Å². The van der Waals surface area contributed by atoms with E-state index in [1.807, 2.05) is 76.2 Å². The molecule has 1 amide bonds. The van der Waals surface area contributed by atoms with Crippen LogP contribution in [0.3, 0.4) is 0 Å². The van der Waals surface area contributed by atoms with Gasteiger partial charge in [0.25, 0.3) is 5.91 Å². The van der Waals surface area contributed by atoms with Gasteiger partial charge < -0.3 is 34.3 Å². The van der Waals surface area contributed by atoms with E-state index in [-0.39, 0.29) is 34.5 Å². The molecule has 3 N–H and O–H groups in total. The predicted octanol–water partition coefficient (Wildman–Crippen LogP) is 3.85. The van der Waals surface area contributed by atoms with E-state index in [1.165, 1.54) is 6.07 Å². The minimum absolute atomic E-state index is 0.0606. The summed E-state index contributed by atoms with van der Waals surface area (Å²) < 4.78 is 30.0. The lowest BCUT2D eigenvalue weighted by Gasteiger charge is -2.29. The molecular weight excluding hydrogens is 589 g/mol. The summed E-state index contributed by atoms with van der Waals surface area (Å²) in [4.78, 5) is 34.1. The topological polar surface area (TPSA) is 110 Å². The number of rotatable bonds is 8. The van der Waals surface area contributed by atoms with Crippen molar-refractivity contribution in [1.82, 2.24) is 14.8 Å². The average Bonchev–Trinajstić information content (AvgIpc) is 3.43. The van der Waals surface area contributed by atoms with Crippen LogP contribution in [0, 0.1) is 5.82 Å². The number of aromatic nitrogens is 1. The lowest BCUT2D eigenvalue weighted by molar-refractivity contribution is -0.517. The maximum Gasteiger partial charge on any atom is 0.545 e. The van der Waals surface area contributed by atoms with E-state index in [9.17, 15) is 14.7 Å². The molecule has 3 heterocycles. The number of aliphatic hydroxyl groups excluding tert-OH is 1. The SMILES string of the molecule is CN(C)CCCCNC(=O)c1cn2c3c(c(N4CC[C@@H]([NH+]=C(O)OC(C)(C)C)C4)c(F)cc3c1=O)Oc1cc3ccccc3cc1-2. The van der Waals surface area contributed by atoms with E-state index in [1.54, 1.807) is 10.8 Å². The van der Waals surface area contributed by atoms with Gasteiger partial charge in [-0.15, -0.1) is 0 Å². The van der Waals surface area contributed by atoms with Crippen LogP contribution in [0.2, 0.25) is 0 Å². The van der Waals surface area contributed by atoms with Gasteiger partial charge in [0.05, 0.1) is 17.6 Å². The number of fused-ring (bicyclic) bond motifs is 3. The molecule has 1 saturated heterocycles. The second-order valence-corrected chi connectivity index (χ2v) is 13.3. The number of nitrogens with one attached hydrogen (secondary N) is 2. The zero-order valence-electron chi connectivity index (χ0n) is 26.9. The normalized spacial score (nSPS) is 16.2. The number of carbonyl (C=O) groups excluding carboxylic acids is 1. The van der Waals surface area contributed by atoms with Gasteiger partial charge in [-0.25, -0.2) is 4.39 Å². The first-order chi connectivity index (χ1) is 21.9. The molecule has 0 bridgehead atoms. The van der Waals surface area contributed by atoms with Crippen LogP contribution in [0.4, 0.5) is 10.1 Å². The summed E-state index contributed by atoms with van der Waals surface area (Å²) in [6.07, 6.45) is 3.54. The average molecular weight is 631 g/mol. The summed E-state index contributed by atoms with van der Waals surface area (Å²) in [6, 6.07) is 12.7. The number of pyridine rings is 1. The summed E-state index contributed by atoms with van der Waals surface area (Å²) in [5, 5.41) is 15.2. The number of ether oxygens (including phenoxy) is 2. The molecule has 0 unspecified atom stereocenters. The minimum Gasteiger partial charge on any atom is -0.451 e. The van der Waals surface area contributed by atoms with Gasteiger partial charge in [0, 0.05) is 25.7 Å². The van der Waals surface area contributed by atoms with Gasteiger partial charge in [-0.1, -0.05) is 24.3 Å². The highest BCUT2D eigenvalue weighted by molar-refractivity contribution is 6.02. The number of unbranched alkanes of at least 4 members (excludes halogenated alkanes) is 1. The molecule has 10 nitrogen and oxygen atoms in total. The van der Waals surface area contributed by atoms with Crippen molar-refractivity contribution in [2.45, 2.75) is 51.7 Å². The predicted molar refractivity (Wildman–Crippen MR) is 177 cm³/mol. The molecule has 2 aliphatic rings. The number of amides is 1. The first kappa shape index (κ1) is 31.3. The zero-order valence-corrected chi connectivity index (χ0v) is 26.9. The third-order valence-corrected chi connectivity index (χ3v) is 8.27. The van der Waals surface area contributed by atoms with Crippen molar-refractivity contribution in [1.29, 1.82) is 0 Å². The number of benzene rings is 3. The highest BCUT2D eigenvalue weighted by Crippen LogP contribution is 2.48. The summed E-state index contributed by atoms with van der Waals surface area (Å²) in [5.41, 5.74) is 0.0622. The number of anilines is 1. The second kappa shape index (κ2) is 12.3. The van der Waals surface area contributed by atoms with Crippen LogP contribution in [0.1, 0.15) is 50.4 Å². The van der Waals surface area contributed by atoms with E-state index < -0.39 is 22.8 Å². The quantitative estimate of drug-likeness (QED) is 0.136. The molecule has 0 radical (unpaired) electrons. The molecule has 3 aromatic carbocycles. The Balaban J connectivity index is 1.43. The number of aliphatic hydroxyl groups is 1. The molecule has 0 aliphatic carbocycles. The van der Waals surface area contributed by atoms with E-state index in [4.69, 9.17) is 9.47 Å². The van der Waals surface area contributed by atoms with E-state index >= 15 is 4.39 Å². The summed E-state index contributed by atoms with van der Waals surface area (Å²) in [6.45, 7) is 7.65. The van der Waals surface area contributed by atoms with Crippen LogP contribution in [0.15, 0.2) is 53.5 Å². The standard InChI is InChI=1S/C35H40FN5O5/c1-35(2,3)46-34(44)38-23-12-15-40(19-23)30-26(36)18-24-29-32(30)45-28-17-22-11-7-6-10-21(22)16-27(28)41(29)20-25(31(24)42)33(43)37-13-8-9-14-39(4)5/h6-7,10-11,16-18,20,23H,8-9,12-15,19H2,1-5H3,(H,37,43)(H,38,44)/p+1/t23-/m1/s1. The zero-order chi connectivity index (χ0) is 32.7. The van der Waals surface area contributed by atoms with E-state index in [2.05, 4.69) is 15.2 Å². The fourth-order valence-electron chi connectivity index (χ4n) is 6.17. The molecule has 46 heavy (non-hydrogen) atoms. The monoisotopic (exact) mass is 630 g/mol. The van der Waals surface area contributed by atoms with Crippen LogP contribution in [0.25, 0.3) is 27.4 Å². The van der Waals surface area contributed by atoms with Gasteiger partial charge in [-0.05, 0) is 83.2 Å². The molecule has 4 aromatic rings. The molecule has 0 spiro atoms. The van der Waals surface area contributed by atoms with Crippen molar-refractivity contribution in [2.24, 2.45) is 0 Å². The smallest absolute Gasteiger partial charge is 0.451 e. The van der Waals surface area contributed by atoms with Crippen molar-refractivity contribution in [3.63, 3.8) is 0 Å². The van der Waals surface area contributed by atoms with Crippen molar-refractivity contribution in [3.05, 3.63) is 70.3 Å². The van der Waals surface area contributed by atoms with Gasteiger partial charge >= 0.3 is 6.08 Å². The number of carbonyl (C=O) groups is 1. The largest absolute Gasteiger partial charge is 0.545 e. The Kier molecular flexibility index (Phi) is 8.37. The van der Waals surface area contributed by atoms with Crippen LogP contribution in [-0.4, -0.2) is 78.5 Å². The Morgan fingerprint density at radius 1 is 1.17 bits per heavy atom. The second-order valence-electron chi connectivity index (χ2n) is 13.3. The number of nitrogens with zero attached hydrogens (tertiary/aromatic N) is 3. The number of hydrogen-bond donors (Lipinski definition) is 3. The minimum atomic E-state index is -0.628. The molecule has 2 aliphatic heterocycles. The Morgan fingerprint density at radius 2 is 1.91 bits per heavy atom. The molecule has 11 heteroatoms. The highest BCUT2D eigenvalue weighted by Gasteiger charge is 2.36. The Labute approximate surface area is 267 Å². The Bertz CT molecular complexity index is 1910. The van der Waals surface area contributed by atoms with Gasteiger partial charge in [0.15, 0.2) is 23.4 Å². The summed E-state index contributed by atoms with van der Waals surface area (Å²) in [5.74, 6) is -0.430. The fraction of sp³-hybridized carbons (Fsp3) is 0.400. The molecule has 242 valence electrons. The summed E-state index contributed by atoms with van der Waals surface area (Å²) in [7, 11) is 3.99. The van der Waals surface area contributed by atoms with Crippen LogP contribution in [-0.2, 0) is 4.74 Å². The van der Waals surface area contributed by atoms with Crippen molar-refractivity contribution >= 4 is 39.4 Å². The van der Waals surface area contributed by atoms with Gasteiger partial charge in [-0.3, -0.25) is 9.59 Å².